The Kier molecular flexibility index (Phi) is 20.1. The first kappa shape index (κ1) is 46.6. The minimum absolute atomic E-state index is 0.0157. The summed E-state index contributed by atoms with van der Waals surface area (Å²) in [5, 5.41) is 37.7. The molecule has 2 rings (SSSR count). The number of hydrogen-bond acceptors (Lipinski definition) is 15. The summed E-state index contributed by atoms with van der Waals surface area (Å²) in [7, 11) is -4.17. The number of hydrogen-bond donors (Lipinski definition) is 6. The first-order chi connectivity index (χ1) is 25.4. The van der Waals surface area contributed by atoms with Crippen molar-refractivity contribution in [3.63, 3.8) is 0 Å². The number of amides is 4. The molecular weight excluding hydrogens is 732 g/mol. The molecule has 308 valence electrons. The maximum absolute atomic E-state index is 13.4. The molecule has 21 heteroatoms. The molecule has 0 aliphatic carbocycles. The van der Waals surface area contributed by atoms with Gasteiger partial charge < -0.3 is 41.0 Å². The van der Waals surface area contributed by atoms with Gasteiger partial charge in [0, 0.05) is 19.7 Å². The number of ether oxygens (including phenoxy) is 2. The molecule has 1 aliphatic heterocycles. The maximum Gasteiger partial charge on any atom is 0.267 e. The third-order valence-corrected chi connectivity index (χ3v) is 9.22. The number of carbonyl (C=O) groups excluding carboxylic acids is 5. The second-order valence-corrected chi connectivity index (χ2v) is 15.9. The molecule has 1 unspecified atom stereocenters. The van der Waals surface area contributed by atoms with Crippen molar-refractivity contribution in [2.45, 2.75) is 84.7 Å². The van der Waals surface area contributed by atoms with Crippen LogP contribution in [-0.4, -0.2) is 157 Å². The molecule has 0 spiro atoms. The van der Waals surface area contributed by atoms with Crippen LogP contribution in [0.25, 0.3) is 0 Å². The SMILES string of the molecule is CC(C)C[C@H](NC(=O)CNC(=O)CN1CCOCC1)C(=O)NCC(=O)N[C@@H](CC(C)C)C(=O)C(C)(O)COS(=O)(=O)CCCOCc1cn(CCO)nn1. The summed E-state index contributed by atoms with van der Waals surface area (Å²) in [4.78, 5) is 66.1. The molecule has 3 atom stereocenters. The lowest BCUT2D eigenvalue weighted by atomic mass is 9.90. The Morgan fingerprint density at radius 3 is 2.20 bits per heavy atom. The number of aromatic nitrogens is 3. The van der Waals surface area contributed by atoms with Crippen LogP contribution in [0.4, 0.5) is 0 Å². The summed E-state index contributed by atoms with van der Waals surface area (Å²) in [6.07, 6.45) is 1.97. The number of carbonyl (C=O) groups is 5. The minimum Gasteiger partial charge on any atom is -0.394 e. The van der Waals surface area contributed by atoms with Crippen LogP contribution in [0.15, 0.2) is 6.20 Å². The van der Waals surface area contributed by atoms with Gasteiger partial charge in [-0.25, -0.2) is 4.68 Å². The van der Waals surface area contributed by atoms with Gasteiger partial charge in [-0.2, -0.15) is 8.42 Å². The lowest BCUT2D eigenvalue weighted by molar-refractivity contribution is -0.143. The summed E-state index contributed by atoms with van der Waals surface area (Å²) in [5.41, 5.74) is -1.80. The number of ketones is 1. The van der Waals surface area contributed by atoms with Crippen LogP contribution in [0.3, 0.4) is 0 Å². The second kappa shape index (κ2) is 23.3. The molecule has 1 aliphatic rings. The van der Waals surface area contributed by atoms with E-state index in [2.05, 4.69) is 31.6 Å². The molecule has 1 aromatic rings. The quantitative estimate of drug-likeness (QED) is 0.0417. The van der Waals surface area contributed by atoms with E-state index in [0.29, 0.717) is 32.0 Å². The van der Waals surface area contributed by atoms with E-state index >= 15 is 0 Å². The van der Waals surface area contributed by atoms with Crippen molar-refractivity contribution in [3.05, 3.63) is 11.9 Å². The van der Waals surface area contributed by atoms with Crippen LogP contribution in [0.5, 0.6) is 0 Å². The largest absolute Gasteiger partial charge is 0.394 e. The van der Waals surface area contributed by atoms with Crippen molar-refractivity contribution in [2.24, 2.45) is 11.8 Å². The van der Waals surface area contributed by atoms with Gasteiger partial charge >= 0.3 is 0 Å². The predicted octanol–water partition coefficient (Wildman–Crippen LogP) is -2.53. The van der Waals surface area contributed by atoms with Gasteiger partial charge in [-0.3, -0.25) is 33.1 Å². The highest BCUT2D eigenvalue weighted by atomic mass is 32.2. The Morgan fingerprint density at radius 1 is 0.963 bits per heavy atom. The summed E-state index contributed by atoms with van der Waals surface area (Å²) in [5.74, 6) is -3.83. The maximum atomic E-state index is 13.4. The fraction of sp³-hybridized carbons (Fsp3) is 0.788. The van der Waals surface area contributed by atoms with E-state index in [1.807, 2.05) is 18.7 Å². The zero-order valence-corrected chi connectivity index (χ0v) is 32.7. The summed E-state index contributed by atoms with van der Waals surface area (Å²) >= 11 is 0. The summed E-state index contributed by atoms with van der Waals surface area (Å²) in [6, 6.07) is -2.26. The number of morpholine rings is 1. The zero-order valence-electron chi connectivity index (χ0n) is 31.9. The van der Waals surface area contributed by atoms with E-state index in [0.717, 1.165) is 6.92 Å². The lowest BCUT2D eigenvalue weighted by Crippen LogP contribution is -2.56. The van der Waals surface area contributed by atoms with Crippen molar-refractivity contribution < 1.29 is 56.3 Å². The van der Waals surface area contributed by atoms with Gasteiger partial charge in [-0.1, -0.05) is 32.9 Å². The normalized spacial score (nSPS) is 16.0. The van der Waals surface area contributed by atoms with Crippen LogP contribution in [0.1, 0.15) is 59.6 Å². The minimum atomic E-state index is -4.17. The van der Waals surface area contributed by atoms with E-state index in [1.54, 1.807) is 20.0 Å². The number of nitrogens with one attached hydrogen (secondary N) is 4. The van der Waals surface area contributed by atoms with Crippen molar-refractivity contribution >= 4 is 39.5 Å². The molecule has 0 aromatic carbocycles. The van der Waals surface area contributed by atoms with Crippen LogP contribution in [0, 0.1) is 11.8 Å². The highest BCUT2D eigenvalue weighted by Gasteiger charge is 2.38. The Labute approximate surface area is 316 Å². The Bertz CT molecular complexity index is 1460. The molecule has 0 bridgehead atoms. The van der Waals surface area contributed by atoms with E-state index in [-0.39, 0.29) is 76.5 Å². The number of rotatable bonds is 26. The molecule has 20 nitrogen and oxygen atoms in total. The van der Waals surface area contributed by atoms with Gasteiger partial charge in [0.05, 0.1) is 70.6 Å². The van der Waals surface area contributed by atoms with Gasteiger partial charge in [-0.05, 0) is 38.0 Å². The molecule has 1 saturated heterocycles. The third-order valence-electron chi connectivity index (χ3n) is 7.96. The fourth-order valence-corrected chi connectivity index (χ4v) is 6.22. The van der Waals surface area contributed by atoms with Gasteiger partial charge in [-0.15, -0.1) is 5.10 Å². The second-order valence-electron chi connectivity index (χ2n) is 14.1. The number of aliphatic hydroxyl groups excluding tert-OH is 1. The van der Waals surface area contributed by atoms with Gasteiger partial charge in [0.1, 0.15) is 23.9 Å². The number of nitrogens with zero attached hydrogens (tertiary/aromatic N) is 4. The Hall–Kier alpha value is -3.60. The average Bonchev–Trinajstić information content (AvgIpc) is 3.55. The standard InChI is InChI=1S/C33H58N8O12S/c1-23(2)15-26(31(46)33(5,48)22-53-54(49,50)14-6-11-52-21-25-19-41(7-10-42)39-38-25)36-29(44)18-35-32(47)27(16-24(3)4)37-28(43)17-34-30(45)20-40-8-12-51-13-9-40/h19,23-24,26-27,42,48H,6-18,20-22H2,1-5H3,(H,34,45)(H,35,47)(H,36,44)(H,37,43)/t26-,27-,33?/m0/s1. The lowest BCUT2D eigenvalue weighted by Gasteiger charge is -2.28. The highest BCUT2D eigenvalue weighted by Crippen LogP contribution is 2.16. The topological polar surface area (TPSA) is 270 Å². The molecule has 54 heavy (non-hydrogen) atoms. The molecule has 0 saturated carbocycles. The van der Waals surface area contributed by atoms with Crippen LogP contribution in [-0.2, 0) is 60.9 Å². The van der Waals surface area contributed by atoms with Crippen LogP contribution >= 0.6 is 0 Å². The van der Waals surface area contributed by atoms with Crippen molar-refractivity contribution in [3.8, 4) is 0 Å². The zero-order chi connectivity index (χ0) is 40.3. The van der Waals surface area contributed by atoms with Gasteiger partial charge in [0.2, 0.25) is 23.6 Å². The van der Waals surface area contributed by atoms with Crippen molar-refractivity contribution in [2.75, 3.05) is 71.5 Å². The highest BCUT2D eigenvalue weighted by molar-refractivity contribution is 7.86. The van der Waals surface area contributed by atoms with Crippen molar-refractivity contribution in [1.82, 2.24) is 41.2 Å². The first-order valence-electron chi connectivity index (χ1n) is 18.0. The first-order valence-corrected chi connectivity index (χ1v) is 19.6. The predicted molar refractivity (Wildman–Crippen MR) is 193 cm³/mol. The Morgan fingerprint density at radius 2 is 1.57 bits per heavy atom. The molecule has 6 N–H and O–H groups in total. The van der Waals surface area contributed by atoms with E-state index < -0.39 is 70.2 Å². The van der Waals surface area contributed by atoms with E-state index in [4.69, 9.17) is 18.8 Å². The molecule has 2 heterocycles. The Balaban J connectivity index is 1.85. The molecule has 0 radical (unpaired) electrons. The van der Waals surface area contributed by atoms with Crippen LogP contribution < -0.4 is 21.3 Å². The molecular formula is C33H58N8O12S. The molecule has 1 aromatic heterocycles. The summed E-state index contributed by atoms with van der Waals surface area (Å²) in [6.45, 7) is 9.23. The fourth-order valence-electron chi connectivity index (χ4n) is 5.23. The smallest absolute Gasteiger partial charge is 0.267 e. The van der Waals surface area contributed by atoms with E-state index in [1.165, 1.54) is 4.68 Å². The number of Topliss-reactive ketones (excluding diaryl/α,β-unsaturated/α-hetero) is 1. The average molecular weight is 791 g/mol. The monoisotopic (exact) mass is 790 g/mol. The van der Waals surface area contributed by atoms with E-state index in [9.17, 15) is 37.5 Å². The van der Waals surface area contributed by atoms with Gasteiger partial charge in [0.25, 0.3) is 10.1 Å². The summed E-state index contributed by atoms with van der Waals surface area (Å²) < 4.78 is 42.1. The van der Waals surface area contributed by atoms with Crippen molar-refractivity contribution in [1.29, 1.82) is 0 Å². The molecule has 1 fully saturated rings. The van der Waals surface area contributed by atoms with Gasteiger partial charge in [0.15, 0.2) is 5.78 Å². The third kappa shape index (κ3) is 18.6. The van der Waals surface area contributed by atoms with Crippen LogP contribution in [0.2, 0.25) is 0 Å². The molecule has 4 amide bonds. The number of aliphatic hydroxyl groups is 2.